The first-order valence-corrected chi connectivity index (χ1v) is 8.09. The summed E-state index contributed by atoms with van der Waals surface area (Å²) in [6.07, 6.45) is 0.166. The summed E-state index contributed by atoms with van der Waals surface area (Å²) in [5.41, 5.74) is 2.17. The largest absolute Gasteiger partial charge is 0.506 e. The minimum absolute atomic E-state index is 0.0497. The number of phenols is 1. The predicted octanol–water partition coefficient (Wildman–Crippen LogP) is 3.89. The summed E-state index contributed by atoms with van der Waals surface area (Å²) in [5.74, 6) is 1.02. The van der Waals surface area contributed by atoms with Gasteiger partial charge in [0.1, 0.15) is 5.75 Å². The molecule has 1 amide bonds. The molecule has 0 radical (unpaired) electrons. The summed E-state index contributed by atoms with van der Waals surface area (Å²) in [6, 6.07) is 10.6. The van der Waals surface area contributed by atoms with E-state index < -0.39 is 0 Å². The van der Waals surface area contributed by atoms with E-state index in [0.717, 1.165) is 11.1 Å². The van der Waals surface area contributed by atoms with Gasteiger partial charge in [0.25, 0.3) is 0 Å². The number of aromatic hydroxyl groups is 1. The third kappa shape index (κ3) is 4.66. The summed E-state index contributed by atoms with van der Waals surface area (Å²) in [5, 5.41) is 12.8. The van der Waals surface area contributed by atoms with Crippen molar-refractivity contribution in [2.75, 3.05) is 19.5 Å². The van der Waals surface area contributed by atoms with Crippen LogP contribution in [0.4, 0.5) is 5.69 Å². The summed E-state index contributed by atoms with van der Waals surface area (Å²) < 4.78 is 10.4. The van der Waals surface area contributed by atoms with Crippen molar-refractivity contribution in [3.8, 4) is 17.2 Å². The third-order valence-electron chi connectivity index (χ3n) is 3.95. The Kier molecular flexibility index (Phi) is 5.57. The molecule has 2 aromatic rings. The predicted molar refractivity (Wildman–Crippen MR) is 98.7 cm³/mol. The van der Waals surface area contributed by atoms with Gasteiger partial charge < -0.3 is 19.9 Å². The van der Waals surface area contributed by atoms with Crippen molar-refractivity contribution in [3.05, 3.63) is 47.5 Å². The molecule has 134 valence electrons. The highest BCUT2D eigenvalue weighted by atomic mass is 16.5. The molecule has 0 fully saturated rings. The van der Waals surface area contributed by atoms with Crippen LogP contribution in [-0.4, -0.2) is 25.2 Å². The number of hydrogen-bond acceptors (Lipinski definition) is 4. The molecule has 0 spiro atoms. The molecule has 0 heterocycles. The highest BCUT2D eigenvalue weighted by Crippen LogP contribution is 2.31. The maximum Gasteiger partial charge on any atom is 0.228 e. The van der Waals surface area contributed by atoms with Gasteiger partial charge in [-0.1, -0.05) is 32.9 Å². The number of amides is 1. The van der Waals surface area contributed by atoms with E-state index in [2.05, 4.69) is 26.1 Å². The van der Waals surface area contributed by atoms with Crippen LogP contribution in [0.5, 0.6) is 17.2 Å². The lowest BCUT2D eigenvalue weighted by atomic mass is 9.87. The van der Waals surface area contributed by atoms with E-state index in [1.165, 1.54) is 0 Å². The summed E-state index contributed by atoms with van der Waals surface area (Å²) in [7, 11) is 3.12. The first-order valence-electron chi connectivity index (χ1n) is 8.09. The number of carbonyl (C=O) groups excluding carboxylic acids is 1. The molecule has 5 heteroatoms. The van der Waals surface area contributed by atoms with Crippen LogP contribution in [0.25, 0.3) is 0 Å². The van der Waals surface area contributed by atoms with E-state index in [9.17, 15) is 9.90 Å². The Morgan fingerprint density at radius 3 is 2.32 bits per heavy atom. The molecule has 0 atom stereocenters. The number of hydrogen-bond donors (Lipinski definition) is 2. The lowest BCUT2D eigenvalue weighted by Gasteiger charge is -2.20. The number of anilines is 1. The van der Waals surface area contributed by atoms with Gasteiger partial charge in [-0.25, -0.2) is 0 Å². The van der Waals surface area contributed by atoms with Crippen LogP contribution in [0, 0.1) is 0 Å². The number of phenolic OH excluding ortho intramolecular Hbond substituents is 1. The monoisotopic (exact) mass is 343 g/mol. The number of nitrogens with one attached hydrogen (secondary N) is 1. The molecule has 0 saturated heterocycles. The first-order chi connectivity index (χ1) is 11.7. The van der Waals surface area contributed by atoms with Crippen molar-refractivity contribution in [2.24, 2.45) is 0 Å². The molecule has 25 heavy (non-hydrogen) atoms. The fourth-order valence-electron chi connectivity index (χ4n) is 2.47. The Morgan fingerprint density at radius 2 is 1.72 bits per heavy atom. The molecule has 2 N–H and O–H groups in total. The van der Waals surface area contributed by atoms with Crippen LogP contribution in [0.2, 0.25) is 0 Å². The average Bonchev–Trinajstić information content (AvgIpc) is 2.55. The van der Waals surface area contributed by atoms with Crippen molar-refractivity contribution in [1.29, 1.82) is 0 Å². The molecule has 0 aliphatic carbocycles. The number of rotatable bonds is 5. The molecule has 0 saturated carbocycles. The fraction of sp³-hybridized carbons (Fsp3) is 0.350. The molecular weight excluding hydrogens is 318 g/mol. The Bertz CT molecular complexity index is 763. The summed E-state index contributed by atoms with van der Waals surface area (Å²) in [4.78, 5) is 12.4. The van der Waals surface area contributed by atoms with Gasteiger partial charge in [-0.2, -0.15) is 0 Å². The molecule has 0 aliphatic rings. The fourth-order valence-corrected chi connectivity index (χ4v) is 2.47. The number of methoxy groups -OCH3 is 2. The van der Waals surface area contributed by atoms with Gasteiger partial charge in [-0.05, 0) is 40.8 Å². The second-order valence-corrected chi connectivity index (χ2v) is 6.90. The Labute approximate surface area is 148 Å². The molecular formula is C20H25NO4. The SMILES string of the molecule is COc1ccc(CC(=O)Nc2cc(C(C)(C)C)ccc2O)cc1OC. The van der Waals surface area contributed by atoms with E-state index in [-0.39, 0.29) is 23.5 Å². The standard InChI is InChI=1S/C20H25NO4/c1-20(2,3)14-7-8-16(22)15(12-14)21-19(23)11-13-6-9-17(24-4)18(10-13)25-5/h6-10,12,22H,11H2,1-5H3,(H,21,23). The lowest BCUT2D eigenvalue weighted by Crippen LogP contribution is -2.16. The average molecular weight is 343 g/mol. The molecule has 2 rings (SSSR count). The van der Waals surface area contributed by atoms with Crippen molar-refractivity contribution in [1.82, 2.24) is 0 Å². The second kappa shape index (κ2) is 7.47. The van der Waals surface area contributed by atoms with E-state index in [4.69, 9.17) is 9.47 Å². The quantitative estimate of drug-likeness (QED) is 0.808. The minimum Gasteiger partial charge on any atom is -0.506 e. The molecule has 2 aromatic carbocycles. The van der Waals surface area contributed by atoms with Gasteiger partial charge in [0.2, 0.25) is 5.91 Å². The van der Waals surface area contributed by atoms with Crippen LogP contribution in [0.3, 0.4) is 0 Å². The van der Waals surface area contributed by atoms with E-state index in [1.54, 1.807) is 32.4 Å². The first kappa shape index (κ1) is 18.6. The molecule has 5 nitrogen and oxygen atoms in total. The normalized spacial score (nSPS) is 11.1. The number of benzene rings is 2. The summed E-state index contributed by atoms with van der Waals surface area (Å²) >= 11 is 0. The lowest BCUT2D eigenvalue weighted by molar-refractivity contribution is -0.115. The number of carbonyl (C=O) groups is 1. The van der Waals surface area contributed by atoms with Crippen LogP contribution >= 0.6 is 0 Å². The van der Waals surface area contributed by atoms with Gasteiger partial charge >= 0.3 is 0 Å². The maximum absolute atomic E-state index is 12.4. The van der Waals surface area contributed by atoms with Crippen LogP contribution < -0.4 is 14.8 Å². The van der Waals surface area contributed by atoms with Crippen molar-refractivity contribution >= 4 is 11.6 Å². The number of ether oxygens (including phenoxy) is 2. The van der Waals surface area contributed by atoms with Gasteiger partial charge in [0.15, 0.2) is 11.5 Å². The van der Waals surface area contributed by atoms with E-state index in [1.807, 2.05) is 18.2 Å². The maximum atomic E-state index is 12.4. The minimum atomic E-state index is -0.214. The van der Waals surface area contributed by atoms with Crippen LogP contribution in [0.15, 0.2) is 36.4 Å². The van der Waals surface area contributed by atoms with Crippen molar-refractivity contribution in [2.45, 2.75) is 32.6 Å². The van der Waals surface area contributed by atoms with Crippen molar-refractivity contribution < 1.29 is 19.4 Å². The molecule has 0 bridgehead atoms. The summed E-state index contributed by atoms with van der Waals surface area (Å²) in [6.45, 7) is 6.23. The topological polar surface area (TPSA) is 67.8 Å². The van der Waals surface area contributed by atoms with Gasteiger partial charge in [0, 0.05) is 0 Å². The Morgan fingerprint density at radius 1 is 1.04 bits per heavy atom. The van der Waals surface area contributed by atoms with Crippen LogP contribution in [0.1, 0.15) is 31.9 Å². The van der Waals surface area contributed by atoms with Gasteiger partial charge in [0.05, 0.1) is 26.3 Å². The smallest absolute Gasteiger partial charge is 0.228 e. The van der Waals surface area contributed by atoms with Crippen LogP contribution in [-0.2, 0) is 16.6 Å². The van der Waals surface area contributed by atoms with Gasteiger partial charge in [-0.15, -0.1) is 0 Å². The van der Waals surface area contributed by atoms with E-state index in [0.29, 0.717) is 17.2 Å². The zero-order valence-electron chi connectivity index (χ0n) is 15.3. The van der Waals surface area contributed by atoms with E-state index >= 15 is 0 Å². The zero-order chi connectivity index (χ0) is 18.6. The second-order valence-electron chi connectivity index (χ2n) is 6.90. The Balaban J connectivity index is 2.15. The molecule has 0 unspecified atom stereocenters. The molecule has 0 aliphatic heterocycles. The highest BCUT2D eigenvalue weighted by Gasteiger charge is 2.17. The van der Waals surface area contributed by atoms with Gasteiger partial charge in [-0.3, -0.25) is 4.79 Å². The highest BCUT2D eigenvalue weighted by molar-refractivity contribution is 5.93. The zero-order valence-corrected chi connectivity index (χ0v) is 15.3. The molecule has 0 aromatic heterocycles. The Hall–Kier alpha value is -2.69. The van der Waals surface area contributed by atoms with Crippen molar-refractivity contribution in [3.63, 3.8) is 0 Å². The third-order valence-corrected chi connectivity index (χ3v) is 3.95.